The minimum atomic E-state index is 1.22. The summed E-state index contributed by atoms with van der Waals surface area (Å²) in [5.74, 6) is 0. The van der Waals surface area contributed by atoms with E-state index in [9.17, 15) is 0 Å². The van der Waals surface area contributed by atoms with E-state index in [-0.39, 0.29) is 0 Å². The number of hydrogen-bond acceptors (Lipinski definition) is 2. The van der Waals surface area contributed by atoms with E-state index in [4.69, 9.17) is 0 Å². The summed E-state index contributed by atoms with van der Waals surface area (Å²) in [5, 5.41) is 0. The molecule has 0 fully saturated rings. The number of rotatable bonds is 5. The maximum Gasteiger partial charge on any atom is 0.00695 e. The maximum atomic E-state index is 2.27. The standard InChI is InChI=1S/C22H20S2/c1-23-20-12-8-18(9-13-20)22(16-17-6-4-3-5-7-17)19-10-14-21(24-2)15-11-19/h3-16H,1-2H3. The highest BCUT2D eigenvalue weighted by Gasteiger charge is 2.06. The van der Waals surface area contributed by atoms with Gasteiger partial charge in [-0.05, 0) is 65.1 Å². The Morgan fingerprint density at radius 1 is 0.625 bits per heavy atom. The predicted octanol–water partition coefficient (Wildman–Crippen LogP) is 6.72. The molecule has 0 nitrogen and oxygen atoms in total. The van der Waals surface area contributed by atoms with Crippen LogP contribution >= 0.6 is 23.5 Å². The first-order valence-electron chi connectivity index (χ1n) is 7.86. The third-order valence-corrected chi connectivity index (χ3v) is 5.40. The lowest BCUT2D eigenvalue weighted by Gasteiger charge is -2.11. The van der Waals surface area contributed by atoms with Gasteiger partial charge in [0, 0.05) is 9.79 Å². The minimum Gasteiger partial charge on any atom is -0.130 e. The van der Waals surface area contributed by atoms with Crippen LogP contribution < -0.4 is 0 Å². The zero-order valence-electron chi connectivity index (χ0n) is 13.9. The minimum absolute atomic E-state index is 1.22. The summed E-state index contributed by atoms with van der Waals surface area (Å²) >= 11 is 3.54. The van der Waals surface area contributed by atoms with Crippen LogP contribution in [0.5, 0.6) is 0 Å². The summed E-state index contributed by atoms with van der Waals surface area (Å²) < 4.78 is 0. The largest absolute Gasteiger partial charge is 0.130 e. The molecule has 0 aromatic heterocycles. The number of thioether (sulfide) groups is 2. The van der Waals surface area contributed by atoms with Gasteiger partial charge in [0.05, 0.1) is 0 Å². The average molecular weight is 349 g/mol. The lowest BCUT2D eigenvalue weighted by atomic mass is 9.96. The zero-order valence-corrected chi connectivity index (χ0v) is 15.5. The summed E-state index contributed by atoms with van der Waals surface area (Å²) in [6.45, 7) is 0. The molecule has 0 aliphatic heterocycles. The van der Waals surface area contributed by atoms with Crippen molar-refractivity contribution in [2.45, 2.75) is 9.79 Å². The van der Waals surface area contributed by atoms with Crippen LogP contribution in [0.4, 0.5) is 0 Å². The van der Waals surface area contributed by atoms with Gasteiger partial charge in [0.25, 0.3) is 0 Å². The van der Waals surface area contributed by atoms with Crippen molar-refractivity contribution in [2.24, 2.45) is 0 Å². The van der Waals surface area contributed by atoms with Gasteiger partial charge in [-0.3, -0.25) is 0 Å². The normalized spacial score (nSPS) is 10.4. The van der Waals surface area contributed by atoms with Crippen molar-refractivity contribution >= 4 is 35.2 Å². The molecule has 0 atom stereocenters. The lowest BCUT2D eigenvalue weighted by molar-refractivity contribution is 1.41. The molecule has 0 spiro atoms. The average Bonchev–Trinajstić information content (AvgIpc) is 2.67. The highest BCUT2D eigenvalue weighted by atomic mass is 32.2. The molecule has 0 radical (unpaired) electrons. The van der Waals surface area contributed by atoms with Crippen LogP contribution in [0, 0.1) is 0 Å². The Hall–Kier alpha value is -1.90. The first-order valence-corrected chi connectivity index (χ1v) is 10.3. The molecular weight excluding hydrogens is 328 g/mol. The Morgan fingerprint density at radius 3 is 1.50 bits per heavy atom. The number of hydrogen-bond donors (Lipinski definition) is 0. The summed E-state index contributed by atoms with van der Waals surface area (Å²) in [7, 11) is 0. The molecule has 0 aliphatic rings. The van der Waals surface area contributed by atoms with Crippen molar-refractivity contribution in [1.29, 1.82) is 0 Å². The molecule has 0 bridgehead atoms. The molecule has 0 heterocycles. The van der Waals surface area contributed by atoms with Crippen molar-refractivity contribution in [3.8, 4) is 0 Å². The van der Waals surface area contributed by atoms with Gasteiger partial charge in [-0.25, -0.2) is 0 Å². The quantitative estimate of drug-likeness (QED) is 0.371. The molecule has 0 unspecified atom stereocenters. The van der Waals surface area contributed by atoms with E-state index in [2.05, 4.69) is 97.5 Å². The summed E-state index contributed by atoms with van der Waals surface area (Å²) in [6.07, 6.45) is 6.48. The van der Waals surface area contributed by atoms with Crippen LogP contribution in [0.1, 0.15) is 16.7 Å². The molecule has 24 heavy (non-hydrogen) atoms. The van der Waals surface area contributed by atoms with Crippen molar-refractivity contribution in [1.82, 2.24) is 0 Å². The van der Waals surface area contributed by atoms with E-state index >= 15 is 0 Å². The van der Waals surface area contributed by atoms with E-state index in [1.54, 1.807) is 23.5 Å². The van der Waals surface area contributed by atoms with Gasteiger partial charge >= 0.3 is 0 Å². The van der Waals surface area contributed by atoms with Crippen molar-refractivity contribution in [3.63, 3.8) is 0 Å². The summed E-state index contributed by atoms with van der Waals surface area (Å²) in [5.41, 5.74) is 4.96. The van der Waals surface area contributed by atoms with Crippen LogP contribution in [-0.4, -0.2) is 12.5 Å². The molecule has 120 valence electrons. The molecule has 0 saturated carbocycles. The fourth-order valence-electron chi connectivity index (χ4n) is 2.59. The second kappa shape index (κ2) is 8.27. The molecular formula is C22H20S2. The van der Waals surface area contributed by atoms with Crippen molar-refractivity contribution in [3.05, 3.63) is 95.6 Å². The number of benzene rings is 3. The SMILES string of the molecule is CSc1ccc(C(=Cc2ccccc2)c2ccc(SC)cc2)cc1. The second-order valence-corrected chi connectivity index (χ2v) is 7.19. The molecule has 0 saturated heterocycles. The Labute approximate surface area is 153 Å². The smallest absolute Gasteiger partial charge is 0.00695 e. The third-order valence-electron chi connectivity index (χ3n) is 3.91. The van der Waals surface area contributed by atoms with Crippen LogP contribution in [0.3, 0.4) is 0 Å². The van der Waals surface area contributed by atoms with E-state index in [0.29, 0.717) is 0 Å². The topological polar surface area (TPSA) is 0 Å². The van der Waals surface area contributed by atoms with Crippen molar-refractivity contribution in [2.75, 3.05) is 12.5 Å². The third kappa shape index (κ3) is 4.14. The monoisotopic (exact) mass is 348 g/mol. The first kappa shape index (κ1) is 16.9. The lowest BCUT2D eigenvalue weighted by Crippen LogP contribution is -1.89. The second-order valence-electron chi connectivity index (χ2n) is 5.43. The molecule has 2 heteroatoms. The summed E-state index contributed by atoms with van der Waals surface area (Å²) in [4.78, 5) is 2.58. The molecule has 0 amide bonds. The molecule has 0 aliphatic carbocycles. The van der Waals surface area contributed by atoms with Crippen molar-refractivity contribution < 1.29 is 0 Å². The van der Waals surface area contributed by atoms with Crippen LogP contribution in [0.15, 0.2) is 88.7 Å². The van der Waals surface area contributed by atoms with Crippen LogP contribution in [-0.2, 0) is 0 Å². The van der Waals surface area contributed by atoms with Gasteiger partial charge in [-0.15, -0.1) is 23.5 Å². The fourth-order valence-corrected chi connectivity index (χ4v) is 3.41. The molecule has 3 rings (SSSR count). The summed E-state index contributed by atoms with van der Waals surface area (Å²) in [6, 6.07) is 28.1. The molecule has 0 N–H and O–H groups in total. The maximum absolute atomic E-state index is 2.27. The van der Waals surface area contributed by atoms with Gasteiger partial charge in [0.1, 0.15) is 0 Å². The van der Waals surface area contributed by atoms with Gasteiger partial charge in [0.15, 0.2) is 0 Å². The molecule has 3 aromatic carbocycles. The van der Waals surface area contributed by atoms with Gasteiger partial charge in [-0.1, -0.05) is 54.6 Å². The Balaban J connectivity index is 2.07. The van der Waals surface area contributed by atoms with E-state index in [1.807, 2.05) is 0 Å². The fraction of sp³-hybridized carbons (Fsp3) is 0.0909. The Morgan fingerprint density at radius 2 is 1.08 bits per heavy atom. The zero-order chi connectivity index (χ0) is 16.8. The van der Waals surface area contributed by atoms with E-state index in [1.165, 1.54) is 32.1 Å². The predicted molar refractivity (Wildman–Crippen MR) is 110 cm³/mol. The Kier molecular flexibility index (Phi) is 5.84. The van der Waals surface area contributed by atoms with Crippen LogP contribution in [0.2, 0.25) is 0 Å². The van der Waals surface area contributed by atoms with Crippen LogP contribution in [0.25, 0.3) is 11.6 Å². The van der Waals surface area contributed by atoms with Gasteiger partial charge < -0.3 is 0 Å². The molecule has 3 aromatic rings. The van der Waals surface area contributed by atoms with E-state index in [0.717, 1.165) is 0 Å². The Bertz CT molecular complexity index is 751. The van der Waals surface area contributed by atoms with Gasteiger partial charge in [0.2, 0.25) is 0 Å². The van der Waals surface area contributed by atoms with Gasteiger partial charge in [-0.2, -0.15) is 0 Å². The van der Waals surface area contributed by atoms with E-state index < -0.39 is 0 Å². The highest BCUT2D eigenvalue weighted by Crippen LogP contribution is 2.29. The first-order chi connectivity index (χ1) is 11.8. The highest BCUT2D eigenvalue weighted by molar-refractivity contribution is 7.98.